The molecule has 138 valence electrons. The predicted molar refractivity (Wildman–Crippen MR) is 111 cm³/mol. The van der Waals surface area contributed by atoms with Gasteiger partial charge in [0.05, 0.1) is 22.5 Å². The minimum atomic E-state index is -0.383. The fraction of sp³-hybridized carbons (Fsp3) is 0.0435. The standard InChI is InChI=1S/C23H19N3O2.Na/c1-16(24-25-17-10-4-2-5-11-17)21-22(27)19-14-8-9-15-20(19)26(23(21)28)18-12-6-3-7-13-18;/h2-15,25,27H,1H3;/q;+1/p-1/b24-16+;. The predicted octanol–water partition coefficient (Wildman–Crippen LogP) is 0.904. The fourth-order valence-electron chi connectivity index (χ4n) is 3.18. The number of rotatable bonds is 4. The third kappa shape index (κ3) is 4.12. The van der Waals surface area contributed by atoms with Crippen molar-refractivity contribution in [1.82, 2.24) is 4.57 Å². The first kappa shape index (κ1) is 20.9. The van der Waals surface area contributed by atoms with Crippen LogP contribution in [0.2, 0.25) is 0 Å². The van der Waals surface area contributed by atoms with Crippen LogP contribution in [-0.2, 0) is 0 Å². The maximum Gasteiger partial charge on any atom is 1.00 e. The molecule has 0 aliphatic heterocycles. The summed E-state index contributed by atoms with van der Waals surface area (Å²) < 4.78 is 1.56. The van der Waals surface area contributed by atoms with Crippen LogP contribution in [0.4, 0.5) is 5.69 Å². The summed E-state index contributed by atoms with van der Waals surface area (Å²) in [7, 11) is 0. The molecule has 0 saturated heterocycles. The van der Waals surface area contributed by atoms with Crippen molar-refractivity contribution in [1.29, 1.82) is 0 Å². The van der Waals surface area contributed by atoms with Crippen LogP contribution < -0.4 is 45.6 Å². The number of para-hydroxylation sites is 3. The molecule has 0 radical (unpaired) electrons. The molecule has 1 heterocycles. The summed E-state index contributed by atoms with van der Waals surface area (Å²) >= 11 is 0. The van der Waals surface area contributed by atoms with E-state index in [-0.39, 0.29) is 46.4 Å². The number of benzene rings is 3. The van der Waals surface area contributed by atoms with Crippen LogP contribution in [-0.4, -0.2) is 10.3 Å². The first-order chi connectivity index (χ1) is 13.7. The fourth-order valence-corrected chi connectivity index (χ4v) is 3.18. The Morgan fingerprint density at radius 1 is 0.897 bits per heavy atom. The molecule has 0 bridgehead atoms. The molecular formula is C23H18N3NaO2. The molecule has 0 fully saturated rings. The number of nitrogens with zero attached hydrogens (tertiary/aromatic N) is 2. The quantitative estimate of drug-likeness (QED) is 0.319. The molecule has 0 aliphatic rings. The Bertz CT molecular complexity index is 1220. The Labute approximate surface area is 190 Å². The number of hydrazone groups is 1. The molecule has 3 aromatic carbocycles. The second-order valence-corrected chi connectivity index (χ2v) is 6.37. The van der Waals surface area contributed by atoms with Gasteiger partial charge in [-0.15, -0.1) is 0 Å². The van der Waals surface area contributed by atoms with Crippen LogP contribution in [0.15, 0.2) is 94.8 Å². The summed E-state index contributed by atoms with van der Waals surface area (Å²) in [6.07, 6.45) is 0. The molecule has 0 aliphatic carbocycles. The van der Waals surface area contributed by atoms with Crippen molar-refractivity contribution in [2.75, 3.05) is 5.43 Å². The number of hydrogen-bond acceptors (Lipinski definition) is 4. The van der Waals surface area contributed by atoms with E-state index >= 15 is 0 Å². The molecule has 5 nitrogen and oxygen atoms in total. The summed E-state index contributed by atoms with van der Waals surface area (Å²) in [4.78, 5) is 13.3. The van der Waals surface area contributed by atoms with Gasteiger partial charge in [0.1, 0.15) is 0 Å². The zero-order chi connectivity index (χ0) is 19.5. The largest absolute Gasteiger partial charge is 1.00 e. The summed E-state index contributed by atoms with van der Waals surface area (Å²) in [6, 6.07) is 25.8. The van der Waals surface area contributed by atoms with Gasteiger partial charge in [-0.2, -0.15) is 5.10 Å². The van der Waals surface area contributed by atoms with Gasteiger partial charge in [-0.25, -0.2) is 0 Å². The van der Waals surface area contributed by atoms with Crippen molar-refractivity contribution in [3.8, 4) is 11.4 Å². The Balaban J connectivity index is 0.00000240. The Morgan fingerprint density at radius 2 is 1.48 bits per heavy atom. The number of pyridine rings is 1. The van der Waals surface area contributed by atoms with Gasteiger partial charge in [-0.05, 0) is 42.6 Å². The van der Waals surface area contributed by atoms with E-state index in [2.05, 4.69) is 10.5 Å². The zero-order valence-corrected chi connectivity index (χ0v) is 18.3. The topological polar surface area (TPSA) is 69.5 Å². The number of nitrogens with one attached hydrogen (secondary N) is 1. The van der Waals surface area contributed by atoms with Gasteiger partial charge in [0.15, 0.2) is 0 Å². The summed E-state index contributed by atoms with van der Waals surface area (Å²) in [5.41, 5.74) is 4.98. The van der Waals surface area contributed by atoms with Gasteiger partial charge >= 0.3 is 29.6 Å². The Hall–Kier alpha value is -2.86. The van der Waals surface area contributed by atoms with Gasteiger partial charge < -0.3 is 5.11 Å². The third-order valence-electron chi connectivity index (χ3n) is 4.54. The molecule has 0 saturated carbocycles. The van der Waals surface area contributed by atoms with Crippen molar-refractivity contribution in [2.24, 2.45) is 5.10 Å². The minimum Gasteiger partial charge on any atom is -0.871 e. The molecule has 0 unspecified atom stereocenters. The zero-order valence-electron chi connectivity index (χ0n) is 16.3. The van der Waals surface area contributed by atoms with Crippen molar-refractivity contribution < 1.29 is 34.7 Å². The first-order valence-electron chi connectivity index (χ1n) is 8.92. The monoisotopic (exact) mass is 391 g/mol. The molecule has 29 heavy (non-hydrogen) atoms. The summed E-state index contributed by atoms with van der Waals surface area (Å²) in [5, 5.41) is 17.8. The second-order valence-electron chi connectivity index (χ2n) is 6.37. The van der Waals surface area contributed by atoms with Crippen LogP contribution in [0, 0.1) is 0 Å². The average Bonchev–Trinajstić information content (AvgIpc) is 2.74. The van der Waals surface area contributed by atoms with Gasteiger partial charge in [-0.1, -0.05) is 60.3 Å². The maximum atomic E-state index is 13.3. The molecule has 1 N–H and O–H groups in total. The van der Waals surface area contributed by atoms with E-state index in [9.17, 15) is 9.90 Å². The van der Waals surface area contributed by atoms with Gasteiger partial charge in [0, 0.05) is 5.69 Å². The molecule has 6 heteroatoms. The minimum absolute atomic E-state index is 0. The van der Waals surface area contributed by atoms with Crippen LogP contribution in [0.25, 0.3) is 16.6 Å². The normalized spacial score (nSPS) is 11.1. The van der Waals surface area contributed by atoms with Crippen LogP contribution in [0.3, 0.4) is 0 Å². The van der Waals surface area contributed by atoms with Crippen molar-refractivity contribution in [3.63, 3.8) is 0 Å². The van der Waals surface area contributed by atoms with Crippen molar-refractivity contribution in [2.45, 2.75) is 6.92 Å². The van der Waals surface area contributed by atoms with E-state index in [0.29, 0.717) is 22.3 Å². The first-order valence-corrected chi connectivity index (χ1v) is 8.92. The van der Waals surface area contributed by atoms with Crippen LogP contribution in [0.5, 0.6) is 5.75 Å². The smallest absolute Gasteiger partial charge is 0.871 e. The molecule has 0 spiro atoms. The van der Waals surface area contributed by atoms with E-state index < -0.39 is 0 Å². The summed E-state index contributed by atoms with van der Waals surface area (Å²) in [5.74, 6) is -0.316. The number of fused-ring (bicyclic) bond motifs is 1. The number of hydrogen-bond donors (Lipinski definition) is 1. The van der Waals surface area contributed by atoms with Crippen molar-refractivity contribution >= 4 is 22.3 Å². The molecule has 4 rings (SSSR count). The Morgan fingerprint density at radius 3 is 2.17 bits per heavy atom. The molecule has 1 aromatic heterocycles. The van der Waals surface area contributed by atoms with Gasteiger partial charge in [0.25, 0.3) is 5.56 Å². The van der Waals surface area contributed by atoms with Crippen LogP contribution in [0.1, 0.15) is 12.5 Å². The van der Waals surface area contributed by atoms with Crippen LogP contribution >= 0.6 is 0 Å². The van der Waals surface area contributed by atoms with Crippen molar-refractivity contribution in [3.05, 3.63) is 101 Å². The van der Waals surface area contributed by atoms with E-state index in [1.807, 2.05) is 66.7 Å². The molecule has 4 aromatic rings. The SMILES string of the molecule is C/C(=N\Nc1ccccc1)c1c([O-])c2ccccc2n(-c2ccccc2)c1=O.[Na+]. The van der Waals surface area contributed by atoms with E-state index in [4.69, 9.17) is 0 Å². The van der Waals surface area contributed by atoms with E-state index in [0.717, 1.165) is 5.69 Å². The third-order valence-corrected chi connectivity index (χ3v) is 4.54. The van der Waals surface area contributed by atoms with E-state index in [1.165, 1.54) is 0 Å². The maximum absolute atomic E-state index is 13.3. The van der Waals surface area contributed by atoms with Gasteiger partial charge in [-0.3, -0.25) is 14.8 Å². The summed E-state index contributed by atoms with van der Waals surface area (Å²) in [6.45, 7) is 1.66. The van der Waals surface area contributed by atoms with E-state index in [1.54, 1.807) is 29.7 Å². The molecule has 0 atom stereocenters. The second kappa shape index (κ2) is 9.09. The number of anilines is 1. The number of aromatic nitrogens is 1. The Kier molecular flexibility index (Phi) is 6.54. The molecule has 0 amide bonds. The average molecular weight is 391 g/mol. The van der Waals surface area contributed by atoms with Gasteiger partial charge in [0.2, 0.25) is 0 Å². The molecular weight excluding hydrogens is 373 g/mol.